The summed E-state index contributed by atoms with van der Waals surface area (Å²) in [5.74, 6) is 0.352. The molecule has 0 aliphatic heterocycles. The van der Waals surface area contributed by atoms with Crippen molar-refractivity contribution in [2.24, 2.45) is 0 Å². The maximum atomic E-state index is 12.0. The minimum Gasteiger partial charge on any atom is -0.484 e. The molecule has 0 fully saturated rings. The highest BCUT2D eigenvalue weighted by Gasteiger charge is 2.06. The number of hydrogen-bond acceptors (Lipinski definition) is 5. The minimum atomic E-state index is -0.216. The molecule has 7 nitrogen and oxygen atoms in total. The van der Waals surface area contributed by atoms with Gasteiger partial charge in [0.2, 0.25) is 0 Å². The van der Waals surface area contributed by atoms with Crippen LogP contribution in [-0.2, 0) is 4.79 Å². The third-order valence-electron chi connectivity index (χ3n) is 3.22. The SMILES string of the molecule is Cc1ccccc1NC(=O)COc1cccc(-n2cnnn2)c1. The molecule has 116 valence electrons. The van der Waals surface area contributed by atoms with Gasteiger partial charge in [0.05, 0.1) is 5.69 Å². The first-order chi connectivity index (χ1) is 11.2. The van der Waals surface area contributed by atoms with Crippen LogP contribution in [0.15, 0.2) is 54.9 Å². The van der Waals surface area contributed by atoms with Crippen molar-refractivity contribution in [3.05, 3.63) is 60.4 Å². The van der Waals surface area contributed by atoms with Crippen molar-refractivity contribution < 1.29 is 9.53 Å². The summed E-state index contributed by atoms with van der Waals surface area (Å²) in [6.45, 7) is 1.86. The average molecular weight is 309 g/mol. The first-order valence-electron chi connectivity index (χ1n) is 7.04. The number of anilines is 1. The minimum absolute atomic E-state index is 0.0760. The van der Waals surface area contributed by atoms with Crippen LogP contribution in [0.5, 0.6) is 5.75 Å². The predicted molar refractivity (Wildman–Crippen MR) is 84.5 cm³/mol. The van der Waals surface area contributed by atoms with Gasteiger partial charge >= 0.3 is 0 Å². The lowest BCUT2D eigenvalue weighted by Crippen LogP contribution is -2.20. The molecule has 0 radical (unpaired) electrons. The zero-order valence-corrected chi connectivity index (χ0v) is 12.5. The number of ether oxygens (including phenoxy) is 1. The Bertz CT molecular complexity index is 802. The first-order valence-corrected chi connectivity index (χ1v) is 7.04. The van der Waals surface area contributed by atoms with E-state index in [4.69, 9.17) is 4.74 Å². The third-order valence-corrected chi connectivity index (χ3v) is 3.22. The molecule has 0 unspecified atom stereocenters. The Hall–Kier alpha value is -3.22. The van der Waals surface area contributed by atoms with Gasteiger partial charge in [0.15, 0.2) is 6.61 Å². The highest BCUT2D eigenvalue weighted by Crippen LogP contribution is 2.16. The third kappa shape index (κ3) is 3.70. The number of tetrazole rings is 1. The van der Waals surface area contributed by atoms with Crippen molar-refractivity contribution in [1.82, 2.24) is 20.2 Å². The van der Waals surface area contributed by atoms with Gasteiger partial charge in [-0.3, -0.25) is 4.79 Å². The van der Waals surface area contributed by atoms with Crippen molar-refractivity contribution in [1.29, 1.82) is 0 Å². The van der Waals surface area contributed by atoms with E-state index in [1.807, 2.05) is 43.3 Å². The van der Waals surface area contributed by atoms with Crippen LogP contribution in [0.25, 0.3) is 5.69 Å². The molecule has 3 aromatic rings. The number of carbonyl (C=O) groups is 1. The molecule has 1 heterocycles. The molecule has 0 spiro atoms. The maximum Gasteiger partial charge on any atom is 0.262 e. The van der Waals surface area contributed by atoms with Crippen LogP contribution in [0.2, 0.25) is 0 Å². The summed E-state index contributed by atoms with van der Waals surface area (Å²) in [6, 6.07) is 14.8. The molecule has 1 N–H and O–H groups in total. The van der Waals surface area contributed by atoms with E-state index in [9.17, 15) is 4.79 Å². The van der Waals surface area contributed by atoms with E-state index in [1.165, 1.54) is 11.0 Å². The fraction of sp³-hybridized carbons (Fsp3) is 0.125. The smallest absolute Gasteiger partial charge is 0.262 e. The highest BCUT2D eigenvalue weighted by molar-refractivity contribution is 5.92. The number of aryl methyl sites for hydroxylation is 1. The van der Waals surface area contributed by atoms with E-state index in [0.29, 0.717) is 5.75 Å². The summed E-state index contributed by atoms with van der Waals surface area (Å²) in [5, 5.41) is 13.8. The van der Waals surface area contributed by atoms with Crippen LogP contribution in [-0.4, -0.2) is 32.7 Å². The van der Waals surface area contributed by atoms with Gasteiger partial charge in [-0.15, -0.1) is 5.10 Å². The predicted octanol–water partition coefficient (Wildman–Crippen LogP) is 1.99. The molecule has 0 atom stereocenters. The Kier molecular flexibility index (Phi) is 4.28. The number of carbonyl (C=O) groups excluding carboxylic acids is 1. The fourth-order valence-electron chi connectivity index (χ4n) is 2.04. The van der Waals surface area contributed by atoms with Crippen LogP contribution in [0.1, 0.15) is 5.56 Å². The van der Waals surface area contributed by atoms with E-state index in [-0.39, 0.29) is 12.5 Å². The lowest BCUT2D eigenvalue weighted by atomic mass is 10.2. The summed E-state index contributed by atoms with van der Waals surface area (Å²) in [7, 11) is 0. The molecule has 1 aromatic heterocycles. The molecule has 7 heteroatoms. The molecule has 0 saturated carbocycles. The topological polar surface area (TPSA) is 81.9 Å². The number of nitrogens with one attached hydrogen (secondary N) is 1. The second-order valence-corrected chi connectivity index (χ2v) is 4.90. The van der Waals surface area contributed by atoms with Gasteiger partial charge < -0.3 is 10.1 Å². The largest absolute Gasteiger partial charge is 0.484 e. The molecule has 0 aliphatic carbocycles. The summed E-state index contributed by atoms with van der Waals surface area (Å²) in [5.41, 5.74) is 2.54. The van der Waals surface area contributed by atoms with Crippen LogP contribution in [0.3, 0.4) is 0 Å². The molecular weight excluding hydrogens is 294 g/mol. The van der Waals surface area contributed by atoms with Crippen molar-refractivity contribution in [3.63, 3.8) is 0 Å². The fourth-order valence-corrected chi connectivity index (χ4v) is 2.04. The zero-order chi connectivity index (χ0) is 16.1. The summed E-state index contributed by atoms with van der Waals surface area (Å²) < 4.78 is 7.04. The Balaban J connectivity index is 1.61. The number of nitrogens with zero attached hydrogens (tertiary/aromatic N) is 4. The van der Waals surface area contributed by atoms with Crippen molar-refractivity contribution in [2.45, 2.75) is 6.92 Å². The van der Waals surface area contributed by atoms with Gasteiger partial charge in [-0.05, 0) is 41.1 Å². The molecule has 2 aromatic carbocycles. The average Bonchev–Trinajstić information content (AvgIpc) is 3.10. The molecule has 1 amide bonds. The van der Waals surface area contributed by atoms with Gasteiger partial charge in [-0.2, -0.15) is 0 Å². The lowest BCUT2D eigenvalue weighted by Gasteiger charge is -2.10. The zero-order valence-electron chi connectivity index (χ0n) is 12.5. The molecular formula is C16H15N5O2. The van der Waals surface area contributed by atoms with E-state index in [2.05, 4.69) is 20.8 Å². The van der Waals surface area contributed by atoms with Crippen LogP contribution < -0.4 is 10.1 Å². The molecule has 0 saturated heterocycles. The Morgan fingerprint density at radius 2 is 2.09 bits per heavy atom. The number of para-hydroxylation sites is 1. The second-order valence-electron chi connectivity index (χ2n) is 4.90. The molecule has 23 heavy (non-hydrogen) atoms. The van der Waals surface area contributed by atoms with Crippen LogP contribution >= 0.6 is 0 Å². The van der Waals surface area contributed by atoms with Gasteiger partial charge in [0.1, 0.15) is 12.1 Å². The van der Waals surface area contributed by atoms with E-state index in [0.717, 1.165) is 16.9 Å². The molecule has 3 rings (SSSR count). The second kappa shape index (κ2) is 6.69. The van der Waals surface area contributed by atoms with Crippen molar-refractivity contribution >= 4 is 11.6 Å². The van der Waals surface area contributed by atoms with Gasteiger partial charge in [-0.1, -0.05) is 24.3 Å². The summed E-state index contributed by atoms with van der Waals surface area (Å²) in [4.78, 5) is 12.0. The first kappa shape index (κ1) is 14.7. The van der Waals surface area contributed by atoms with Gasteiger partial charge in [0, 0.05) is 11.8 Å². The highest BCUT2D eigenvalue weighted by atomic mass is 16.5. The van der Waals surface area contributed by atoms with Gasteiger partial charge in [0.25, 0.3) is 5.91 Å². The van der Waals surface area contributed by atoms with E-state index in [1.54, 1.807) is 12.1 Å². The molecule has 0 bridgehead atoms. The summed E-state index contributed by atoms with van der Waals surface area (Å²) >= 11 is 0. The standard InChI is InChI=1S/C16H15N5O2/c1-12-5-2-3-8-15(12)18-16(22)10-23-14-7-4-6-13(9-14)21-11-17-19-20-21/h2-9,11H,10H2,1H3,(H,18,22). The Morgan fingerprint density at radius 3 is 2.87 bits per heavy atom. The van der Waals surface area contributed by atoms with E-state index < -0.39 is 0 Å². The lowest BCUT2D eigenvalue weighted by molar-refractivity contribution is -0.118. The Morgan fingerprint density at radius 1 is 1.22 bits per heavy atom. The van der Waals surface area contributed by atoms with Crippen LogP contribution in [0, 0.1) is 6.92 Å². The normalized spacial score (nSPS) is 10.3. The number of amides is 1. The monoisotopic (exact) mass is 309 g/mol. The quantitative estimate of drug-likeness (QED) is 0.779. The maximum absolute atomic E-state index is 12.0. The molecule has 0 aliphatic rings. The number of hydrogen-bond donors (Lipinski definition) is 1. The summed E-state index contributed by atoms with van der Waals surface area (Å²) in [6.07, 6.45) is 1.49. The van der Waals surface area contributed by atoms with E-state index >= 15 is 0 Å². The number of rotatable bonds is 5. The van der Waals surface area contributed by atoms with Crippen molar-refractivity contribution in [3.8, 4) is 11.4 Å². The Labute approximate surface area is 132 Å². The van der Waals surface area contributed by atoms with Crippen molar-refractivity contribution in [2.75, 3.05) is 11.9 Å². The van der Waals surface area contributed by atoms with Crippen LogP contribution in [0.4, 0.5) is 5.69 Å². The van der Waals surface area contributed by atoms with Gasteiger partial charge in [-0.25, -0.2) is 4.68 Å². The number of benzene rings is 2. The number of aromatic nitrogens is 4.